The number of imide groups is 2. The molecule has 0 aliphatic carbocycles. The first-order chi connectivity index (χ1) is 20.0. The molecule has 17 heteroatoms. The largest absolute Gasteiger partial charge is 0.491 e. The number of hydrogen-bond acceptors (Lipinski definition) is 11. The first-order valence-electron chi connectivity index (χ1n) is 12.9. The number of esters is 1. The van der Waals surface area contributed by atoms with Crippen LogP contribution >= 0.6 is 0 Å². The minimum atomic E-state index is -5.48. The van der Waals surface area contributed by atoms with Crippen molar-refractivity contribution in [2.24, 2.45) is 5.73 Å². The van der Waals surface area contributed by atoms with Gasteiger partial charge in [0.2, 0.25) is 11.8 Å². The van der Waals surface area contributed by atoms with Gasteiger partial charge < -0.3 is 30.0 Å². The second-order valence-electron chi connectivity index (χ2n) is 8.99. The standard InChI is InChI=1S/C25H29F3N4O10/c26-25(27,28)24(38)42-23(20(35)30-9-3-11-40-13-12-39-10-2-8-29)41-16-5-1-4-14-18(16)22(37)32(21(14)36)15-6-7-17(33)31-19(15)34/h1,4-5,15,23H,2-3,6-13,29H2,(H,30,35)(H,31,33,34). The molecule has 0 aromatic heterocycles. The summed E-state index contributed by atoms with van der Waals surface area (Å²) in [4.78, 5) is 74.8. The minimum Gasteiger partial charge on any atom is -0.445 e. The topological polar surface area (TPSA) is 193 Å². The van der Waals surface area contributed by atoms with E-state index in [9.17, 15) is 41.9 Å². The Kier molecular flexibility index (Phi) is 11.3. The van der Waals surface area contributed by atoms with Crippen LogP contribution in [0.3, 0.4) is 0 Å². The van der Waals surface area contributed by atoms with Crippen molar-refractivity contribution >= 4 is 35.5 Å². The molecule has 1 fully saturated rings. The molecule has 42 heavy (non-hydrogen) atoms. The highest BCUT2D eigenvalue weighted by molar-refractivity contribution is 6.24. The van der Waals surface area contributed by atoms with Crippen molar-refractivity contribution < 1.29 is 60.9 Å². The van der Waals surface area contributed by atoms with Crippen LogP contribution in [0.1, 0.15) is 46.4 Å². The summed E-state index contributed by atoms with van der Waals surface area (Å²) in [7, 11) is 0. The van der Waals surface area contributed by atoms with E-state index in [1.165, 1.54) is 12.1 Å². The number of fused-ring (bicyclic) bond motifs is 1. The highest BCUT2D eigenvalue weighted by Crippen LogP contribution is 2.34. The lowest BCUT2D eigenvalue weighted by molar-refractivity contribution is -0.216. The van der Waals surface area contributed by atoms with E-state index < -0.39 is 65.3 Å². The summed E-state index contributed by atoms with van der Waals surface area (Å²) in [6.45, 7) is 1.60. The van der Waals surface area contributed by atoms with Gasteiger partial charge in [-0.25, -0.2) is 4.79 Å². The Labute approximate surface area is 236 Å². The number of nitrogens with one attached hydrogen (secondary N) is 2. The van der Waals surface area contributed by atoms with E-state index in [1.54, 1.807) is 0 Å². The van der Waals surface area contributed by atoms with Crippen molar-refractivity contribution in [1.82, 2.24) is 15.5 Å². The number of piperidine rings is 1. The summed E-state index contributed by atoms with van der Waals surface area (Å²) in [5.74, 6) is -8.01. The third-order valence-corrected chi connectivity index (χ3v) is 5.95. The first kappa shape index (κ1) is 32.4. The van der Waals surface area contributed by atoms with Gasteiger partial charge in [0, 0.05) is 26.2 Å². The quantitative estimate of drug-likeness (QED) is 0.104. The molecular weight excluding hydrogens is 573 g/mol. The highest BCUT2D eigenvalue weighted by Gasteiger charge is 2.47. The molecule has 230 valence electrons. The van der Waals surface area contributed by atoms with E-state index in [0.29, 0.717) is 31.1 Å². The molecule has 2 aliphatic rings. The molecule has 2 heterocycles. The van der Waals surface area contributed by atoms with Crippen LogP contribution in [0.15, 0.2) is 18.2 Å². The van der Waals surface area contributed by atoms with Crippen molar-refractivity contribution in [2.45, 2.75) is 44.2 Å². The third kappa shape index (κ3) is 8.23. The molecule has 2 atom stereocenters. The molecule has 1 aromatic rings. The second kappa shape index (κ2) is 14.7. The van der Waals surface area contributed by atoms with Crippen molar-refractivity contribution in [3.63, 3.8) is 0 Å². The van der Waals surface area contributed by atoms with E-state index in [2.05, 4.69) is 10.1 Å². The molecule has 1 aromatic carbocycles. The van der Waals surface area contributed by atoms with E-state index >= 15 is 0 Å². The number of amides is 5. The maximum atomic E-state index is 13.2. The number of halogens is 3. The summed E-state index contributed by atoms with van der Waals surface area (Å²) in [5.41, 5.74) is 4.61. The highest BCUT2D eigenvalue weighted by atomic mass is 19.4. The summed E-state index contributed by atoms with van der Waals surface area (Å²) in [5, 5.41) is 4.28. The van der Waals surface area contributed by atoms with Crippen molar-refractivity contribution in [1.29, 1.82) is 0 Å². The summed E-state index contributed by atoms with van der Waals surface area (Å²) in [6.07, 6.45) is -7.35. The van der Waals surface area contributed by atoms with Gasteiger partial charge in [-0.1, -0.05) is 6.07 Å². The molecule has 0 spiro atoms. The van der Waals surface area contributed by atoms with Crippen LogP contribution in [0.2, 0.25) is 0 Å². The van der Waals surface area contributed by atoms with Crippen LogP contribution in [0.4, 0.5) is 13.2 Å². The molecule has 0 saturated carbocycles. The fraction of sp³-hybridized carbons (Fsp3) is 0.520. The number of alkyl halides is 3. The molecule has 5 amide bonds. The van der Waals surface area contributed by atoms with E-state index in [0.717, 1.165) is 6.07 Å². The van der Waals surface area contributed by atoms with Crippen LogP contribution in [0.5, 0.6) is 5.75 Å². The summed E-state index contributed by atoms with van der Waals surface area (Å²) in [6, 6.07) is 2.16. The maximum absolute atomic E-state index is 13.2. The molecule has 0 bridgehead atoms. The molecule has 3 rings (SSSR count). The zero-order chi connectivity index (χ0) is 30.9. The fourth-order valence-corrected chi connectivity index (χ4v) is 3.97. The van der Waals surface area contributed by atoms with Crippen molar-refractivity contribution in [2.75, 3.05) is 39.5 Å². The number of carbonyl (C=O) groups excluding carboxylic acids is 6. The summed E-state index contributed by atoms with van der Waals surface area (Å²) < 4.78 is 58.9. The van der Waals surface area contributed by atoms with Crippen LogP contribution in [-0.2, 0) is 33.4 Å². The normalized spacial score (nSPS) is 17.5. The lowest BCUT2D eigenvalue weighted by atomic mass is 10.0. The Morgan fingerprint density at radius 3 is 2.38 bits per heavy atom. The van der Waals surface area contributed by atoms with Gasteiger partial charge in [0.25, 0.3) is 11.8 Å². The number of nitrogens with two attached hydrogens (primary N) is 1. The number of rotatable bonds is 15. The van der Waals surface area contributed by atoms with Crippen LogP contribution in [-0.4, -0.2) is 98.4 Å². The zero-order valence-corrected chi connectivity index (χ0v) is 22.2. The Hall–Kier alpha value is -4.09. The Morgan fingerprint density at radius 2 is 1.74 bits per heavy atom. The van der Waals surface area contributed by atoms with Gasteiger partial charge in [-0.3, -0.25) is 34.2 Å². The Balaban J connectivity index is 1.68. The SMILES string of the molecule is NCCCOCCOCCCNC(=O)C(OC(=O)C(F)(F)F)Oc1cccc2c1C(=O)N(C1CCC(=O)NC1=O)C2=O. The Bertz CT molecular complexity index is 1210. The molecule has 2 aliphatic heterocycles. The predicted octanol–water partition coefficient (Wildman–Crippen LogP) is -0.213. The van der Waals surface area contributed by atoms with Crippen molar-refractivity contribution in [3.05, 3.63) is 29.3 Å². The van der Waals surface area contributed by atoms with Gasteiger partial charge >= 0.3 is 24.3 Å². The van der Waals surface area contributed by atoms with Gasteiger partial charge in [-0.2, -0.15) is 13.2 Å². The fourth-order valence-electron chi connectivity index (χ4n) is 3.97. The van der Waals surface area contributed by atoms with Crippen LogP contribution in [0.25, 0.3) is 0 Å². The number of hydrogen-bond donors (Lipinski definition) is 3. The monoisotopic (exact) mass is 602 g/mol. The molecule has 1 saturated heterocycles. The zero-order valence-electron chi connectivity index (χ0n) is 22.2. The third-order valence-electron chi connectivity index (χ3n) is 5.95. The molecule has 2 unspecified atom stereocenters. The summed E-state index contributed by atoms with van der Waals surface area (Å²) >= 11 is 0. The van der Waals surface area contributed by atoms with Crippen LogP contribution < -0.4 is 21.1 Å². The molecule has 4 N–H and O–H groups in total. The van der Waals surface area contributed by atoms with E-state index in [-0.39, 0.29) is 44.6 Å². The van der Waals surface area contributed by atoms with Gasteiger partial charge in [0.05, 0.1) is 24.3 Å². The average Bonchev–Trinajstić information content (AvgIpc) is 3.19. The van der Waals surface area contributed by atoms with Gasteiger partial charge in [-0.15, -0.1) is 0 Å². The number of benzene rings is 1. The van der Waals surface area contributed by atoms with Gasteiger partial charge in [0.1, 0.15) is 11.8 Å². The second-order valence-corrected chi connectivity index (χ2v) is 8.99. The number of ether oxygens (including phenoxy) is 4. The van der Waals surface area contributed by atoms with E-state index in [4.69, 9.17) is 19.9 Å². The van der Waals surface area contributed by atoms with Crippen LogP contribution in [0, 0.1) is 0 Å². The predicted molar refractivity (Wildman–Crippen MR) is 133 cm³/mol. The maximum Gasteiger partial charge on any atom is 0.491 e. The number of carbonyl (C=O) groups is 6. The lowest BCUT2D eigenvalue weighted by Gasteiger charge is -2.27. The Morgan fingerprint density at radius 1 is 1.05 bits per heavy atom. The van der Waals surface area contributed by atoms with Gasteiger partial charge in [0.15, 0.2) is 0 Å². The number of nitrogens with zero attached hydrogens (tertiary/aromatic N) is 1. The minimum absolute atomic E-state index is 0.107. The molecular formula is C25H29F3N4O10. The first-order valence-corrected chi connectivity index (χ1v) is 12.9. The lowest BCUT2D eigenvalue weighted by Crippen LogP contribution is -2.54. The molecule has 14 nitrogen and oxygen atoms in total. The smallest absolute Gasteiger partial charge is 0.445 e. The average molecular weight is 603 g/mol. The van der Waals surface area contributed by atoms with E-state index in [1.807, 2.05) is 5.32 Å². The van der Waals surface area contributed by atoms with Gasteiger partial charge in [-0.05, 0) is 37.9 Å². The van der Waals surface area contributed by atoms with Crippen molar-refractivity contribution in [3.8, 4) is 5.75 Å². The molecule has 0 radical (unpaired) electrons.